The first kappa shape index (κ1) is 26.0. The van der Waals surface area contributed by atoms with Gasteiger partial charge >= 0.3 is 5.97 Å². The highest BCUT2D eigenvalue weighted by Gasteiger charge is 2.21. The van der Waals surface area contributed by atoms with Gasteiger partial charge in [0, 0.05) is 28.3 Å². The molecule has 0 aromatic heterocycles. The Kier molecular flexibility index (Phi) is 9.96. The highest BCUT2D eigenvalue weighted by molar-refractivity contribution is 6.34. The van der Waals surface area contributed by atoms with Gasteiger partial charge in [-0.25, -0.2) is 0 Å². The van der Waals surface area contributed by atoms with Crippen LogP contribution >= 0.6 is 23.2 Å². The normalized spacial score (nSPS) is 11.9. The molecule has 0 saturated heterocycles. The van der Waals surface area contributed by atoms with E-state index in [4.69, 9.17) is 33.7 Å². The second kappa shape index (κ2) is 12.7. The number of hydrogen-bond donors (Lipinski definition) is 4. The number of nitrogens with zero attached hydrogens (tertiary/aromatic N) is 1. The molecule has 176 valence electrons. The quantitative estimate of drug-likeness (QED) is 0.241. The number of aliphatic imine (C=N–C) groups is 1. The van der Waals surface area contributed by atoms with Gasteiger partial charge in [0.15, 0.2) is 5.96 Å². The van der Waals surface area contributed by atoms with E-state index < -0.39 is 23.8 Å². The van der Waals surface area contributed by atoms with Crippen molar-refractivity contribution in [1.29, 1.82) is 0 Å². The van der Waals surface area contributed by atoms with Crippen LogP contribution in [0.2, 0.25) is 10.0 Å². The molecule has 2 amide bonds. The summed E-state index contributed by atoms with van der Waals surface area (Å²) in [6.07, 6.45) is -0.127. The number of carbonyl (C=O) groups is 3. The van der Waals surface area contributed by atoms with Gasteiger partial charge in [-0.2, -0.15) is 0 Å². The molecule has 0 heterocycles. The van der Waals surface area contributed by atoms with Gasteiger partial charge in [0.05, 0.1) is 25.6 Å². The van der Waals surface area contributed by atoms with Crippen molar-refractivity contribution < 1.29 is 19.1 Å². The highest BCUT2D eigenvalue weighted by Crippen LogP contribution is 2.25. The van der Waals surface area contributed by atoms with Crippen LogP contribution in [0.5, 0.6) is 0 Å². The van der Waals surface area contributed by atoms with E-state index in [0.717, 1.165) is 0 Å². The number of benzene rings is 2. The molecule has 0 aliphatic heterocycles. The molecule has 0 fully saturated rings. The lowest BCUT2D eigenvalue weighted by Gasteiger charge is -2.19. The zero-order chi connectivity index (χ0) is 24.4. The summed E-state index contributed by atoms with van der Waals surface area (Å²) in [6.45, 7) is 1.57. The number of amides is 2. The Hall–Kier alpha value is -3.30. The van der Waals surface area contributed by atoms with Crippen LogP contribution < -0.4 is 21.7 Å². The third kappa shape index (κ3) is 8.63. The van der Waals surface area contributed by atoms with Crippen molar-refractivity contribution in [2.24, 2.45) is 10.7 Å². The van der Waals surface area contributed by atoms with E-state index in [2.05, 4.69) is 20.9 Å². The standard InChI is InChI=1S/C22H25Cl2N5O4/c1-3-33-20(31)11-18(14-7-15(23)10-16(24)8-14)29-19(30)12-27-21(32)13-5-4-6-17(9-13)28-22(25)26-2/h4-10,18H,3,11-12H2,1-2H3,(H,27,32)(H,29,30)(H3,25,26,28). The number of rotatable bonds is 9. The molecule has 0 bridgehead atoms. The summed E-state index contributed by atoms with van der Waals surface area (Å²) in [4.78, 5) is 40.8. The Morgan fingerprint density at radius 2 is 1.82 bits per heavy atom. The molecule has 0 aliphatic carbocycles. The molecule has 2 aromatic carbocycles. The SMILES string of the molecule is CCOC(=O)CC(NC(=O)CNC(=O)c1cccc(NC(N)=NC)c1)c1cc(Cl)cc(Cl)c1. The lowest BCUT2D eigenvalue weighted by molar-refractivity contribution is -0.143. The molecule has 0 spiro atoms. The number of carbonyl (C=O) groups excluding carboxylic acids is 3. The number of esters is 1. The average molecular weight is 494 g/mol. The number of halogens is 2. The number of hydrogen-bond acceptors (Lipinski definition) is 5. The van der Waals surface area contributed by atoms with Crippen LogP contribution in [0, 0.1) is 0 Å². The zero-order valence-electron chi connectivity index (χ0n) is 18.2. The maximum Gasteiger partial charge on any atom is 0.308 e. The van der Waals surface area contributed by atoms with Crippen molar-refractivity contribution in [3.05, 3.63) is 63.6 Å². The van der Waals surface area contributed by atoms with Crippen LogP contribution in [-0.4, -0.2) is 43.9 Å². The van der Waals surface area contributed by atoms with Crippen molar-refractivity contribution in [2.75, 3.05) is 25.5 Å². The Bertz CT molecular complexity index is 1020. The molecule has 1 unspecified atom stereocenters. The Balaban J connectivity index is 2.05. The minimum Gasteiger partial charge on any atom is -0.466 e. The predicted octanol–water partition coefficient (Wildman–Crippen LogP) is 2.89. The van der Waals surface area contributed by atoms with Gasteiger partial charge in [-0.15, -0.1) is 0 Å². The van der Waals surface area contributed by atoms with Gasteiger partial charge in [-0.1, -0.05) is 29.3 Å². The summed E-state index contributed by atoms with van der Waals surface area (Å²) in [7, 11) is 1.53. The fraction of sp³-hybridized carbons (Fsp3) is 0.273. The van der Waals surface area contributed by atoms with Gasteiger partial charge < -0.3 is 26.4 Å². The molecule has 1 atom stereocenters. The molecule has 0 radical (unpaired) electrons. The molecule has 0 aliphatic rings. The average Bonchev–Trinajstić information content (AvgIpc) is 2.76. The maximum absolute atomic E-state index is 12.5. The molecule has 9 nitrogen and oxygen atoms in total. The third-order valence-corrected chi connectivity index (χ3v) is 4.78. The van der Waals surface area contributed by atoms with E-state index in [-0.39, 0.29) is 25.5 Å². The van der Waals surface area contributed by atoms with E-state index in [9.17, 15) is 14.4 Å². The van der Waals surface area contributed by atoms with Gasteiger partial charge in [-0.3, -0.25) is 19.4 Å². The van der Waals surface area contributed by atoms with Crippen molar-refractivity contribution in [3.63, 3.8) is 0 Å². The smallest absolute Gasteiger partial charge is 0.308 e. The minimum absolute atomic E-state index is 0.127. The molecular weight excluding hydrogens is 469 g/mol. The number of nitrogens with one attached hydrogen (secondary N) is 3. The van der Waals surface area contributed by atoms with Crippen molar-refractivity contribution in [2.45, 2.75) is 19.4 Å². The van der Waals surface area contributed by atoms with E-state index in [0.29, 0.717) is 26.9 Å². The molecule has 2 rings (SSSR count). The summed E-state index contributed by atoms with van der Waals surface area (Å²) >= 11 is 12.1. The Morgan fingerprint density at radius 1 is 1.12 bits per heavy atom. The first-order valence-corrected chi connectivity index (χ1v) is 10.8. The summed E-state index contributed by atoms with van der Waals surface area (Å²) < 4.78 is 4.99. The number of ether oxygens (including phenoxy) is 1. The third-order valence-electron chi connectivity index (χ3n) is 4.35. The summed E-state index contributed by atoms with van der Waals surface area (Å²) in [5.41, 5.74) is 7.06. The predicted molar refractivity (Wildman–Crippen MR) is 129 cm³/mol. The van der Waals surface area contributed by atoms with Crippen molar-refractivity contribution >= 4 is 52.6 Å². The topological polar surface area (TPSA) is 135 Å². The monoisotopic (exact) mass is 493 g/mol. The number of guanidine groups is 1. The van der Waals surface area contributed by atoms with E-state index in [1.54, 1.807) is 49.4 Å². The Labute approximate surface area is 201 Å². The van der Waals surface area contributed by atoms with E-state index in [1.165, 1.54) is 7.05 Å². The van der Waals surface area contributed by atoms with Crippen LogP contribution in [0.25, 0.3) is 0 Å². The van der Waals surface area contributed by atoms with Crippen LogP contribution in [-0.2, 0) is 14.3 Å². The van der Waals surface area contributed by atoms with Crippen LogP contribution in [0.15, 0.2) is 47.5 Å². The molecule has 2 aromatic rings. The molecule has 33 heavy (non-hydrogen) atoms. The molecule has 5 N–H and O–H groups in total. The fourth-order valence-electron chi connectivity index (χ4n) is 2.87. The summed E-state index contributed by atoms with van der Waals surface area (Å²) in [5, 5.41) is 8.81. The molecular formula is C22H25Cl2N5O4. The largest absolute Gasteiger partial charge is 0.466 e. The lowest BCUT2D eigenvalue weighted by atomic mass is 10.0. The second-order valence-corrected chi connectivity index (χ2v) is 7.70. The van der Waals surface area contributed by atoms with Crippen molar-refractivity contribution in [1.82, 2.24) is 10.6 Å². The summed E-state index contributed by atoms with van der Waals surface area (Å²) in [5.74, 6) is -1.28. The highest BCUT2D eigenvalue weighted by atomic mass is 35.5. The molecule has 0 saturated carbocycles. The van der Waals surface area contributed by atoms with E-state index >= 15 is 0 Å². The zero-order valence-corrected chi connectivity index (χ0v) is 19.7. The summed E-state index contributed by atoms with van der Waals surface area (Å²) in [6, 6.07) is 10.5. The molecule has 11 heteroatoms. The first-order valence-electron chi connectivity index (χ1n) is 10.00. The van der Waals surface area contributed by atoms with Crippen LogP contribution in [0.3, 0.4) is 0 Å². The lowest BCUT2D eigenvalue weighted by Crippen LogP contribution is -2.39. The number of anilines is 1. The second-order valence-electron chi connectivity index (χ2n) is 6.83. The van der Waals surface area contributed by atoms with Gasteiger partial charge in [0.25, 0.3) is 5.91 Å². The van der Waals surface area contributed by atoms with E-state index in [1.807, 2.05) is 0 Å². The van der Waals surface area contributed by atoms with Gasteiger partial charge in [0.2, 0.25) is 5.91 Å². The minimum atomic E-state index is -0.742. The van der Waals surface area contributed by atoms with Gasteiger partial charge in [0.1, 0.15) is 0 Å². The first-order chi connectivity index (χ1) is 15.7. The van der Waals surface area contributed by atoms with Crippen LogP contribution in [0.1, 0.15) is 35.3 Å². The van der Waals surface area contributed by atoms with Crippen molar-refractivity contribution in [3.8, 4) is 0 Å². The maximum atomic E-state index is 12.5. The Morgan fingerprint density at radius 3 is 2.45 bits per heavy atom. The number of nitrogens with two attached hydrogens (primary N) is 1. The fourth-order valence-corrected chi connectivity index (χ4v) is 3.41. The van der Waals surface area contributed by atoms with Crippen LogP contribution in [0.4, 0.5) is 5.69 Å². The van der Waals surface area contributed by atoms with Gasteiger partial charge in [-0.05, 0) is 48.9 Å².